The Morgan fingerprint density at radius 2 is 1.37 bits per heavy atom. The fourth-order valence-corrected chi connectivity index (χ4v) is 6.43. The number of carbonyl (C=O) groups excluding carboxylic acids is 2. The van der Waals surface area contributed by atoms with Crippen molar-refractivity contribution in [3.05, 3.63) is 109 Å². The molecule has 0 N–H and O–H groups in total. The van der Waals surface area contributed by atoms with Crippen molar-refractivity contribution < 1.29 is 19.1 Å². The average molecular weight is 583 g/mol. The van der Waals surface area contributed by atoms with E-state index in [0.717, 1.165) is 13.1 Å². The first-order chi connectivity index (χ1) is 20.6. The van der Waals surface area contributed by atoms with Crippen molar-refractivity contribution in [3.63, 3.8) is 0 Å². The van der Waals surface area contributed by atoms with Gasteiger partial charge in [0.05, 0.1) is 6.04 Å². The van der Waals surface area contributed by atoms with Gasteiger partial charge in [-0.25, -0.2) is 0 Å². The first kappa shape index (κ1) is 31.9. The zero-order valence-electron chi connectivity index (χ0n) is 26.2. The number of allylic oxidation sites excluding steroid dienone is 3. The predicted octanol–water partition coefficient (Wildman–Crippen LogP) is 7.41. The summed E-state index contributed by atoms with van der Waals surface area (Å²) in [6, 6.07) is 17.2. The van der Waals surface area contributed by atoms with E-state index in [2.05, 4.69) is 117 Å². The quantitative estimate of drug-likeness (QED) is 0.171. The largest absolute Gasteiger partial charge is 0.461 e. The van der Waals surface area contributed by atoms with E-state index < -0.39 is 0 Å². The van der Waals surface area contributed by atoms with Crippen LogP contribution in [0.4, 0.5) is 11.4 Å². The molecule has 0 aromatic heterocycles. The molecule has 0 saturated carbocycles. The Balaban J connectivity index is 1.57. The van der Waals surface area contributed by atoms with Crippen molar-refractivity contribution in [1.82, 2.24) is 0 Å². The van der Waals surface area contributed by atoms with Crippen LogP contribution < -0.4 is 9.80 Å². The topological polar surface area (TPSA) is 59.1 Å². The van der Waals surface area contributed by atoms with Crippen LogP contribution in [-0.4, -0.2) is 44.3 Å². The summed E-state index contributed by atoms with van der Waals surface area (Å²) in [7, 11) is 0. The standard InChI is InChI=1S/C37H46N2O4/c1-7-26-42-34(40)22-14-24-38-30-18-11-9-16-28(30)36(3,4)32(38)20-13-21-33-37(5,6)29-17-10-12-19-31(29)39(33)25-15-23-35(41)43-27-8-2/h7-13,16-21,32H,1-2,14-15,22-27H2,3-6H3/b20-13+,33-21+. The summed E-state index contributed by atoms with van der Waals surface area (Å²) in [6.07, 6.45) is 12.0. The van der Waals surface area contributed by atoms with Gasteiger partial charge in [0.15, 0.2) is 0 Å². The number of anilines is 2. The van der Waals surface area contributed by atoms with E-state index in [4.69, 9.17) is 9.47 Å². The highest BCUT2D eigenvalue weighted by molar-refractivity contribution is 5.72. The first-order valence-corrected chi connectivity index (χ1v) is 15.3. The highest BCUT2D eigenvalue weighted by atomic mass is 16.5. The maximum Gasteiger partial charge on any atom is 0.306 e. The van der Waals surface area contributed by atoms with Crippen molar-refractivity contribution in [3.8, 4) is 0 Å². The molecule has 0 bridgehead atoms. The summed E-state index contributed by atoms with van der Waals surface area (Å²) >= 11 is 0. The second-order valence-corrected chi connectivity index (χ2v) is 12.3. The van der Waals surface area contributed by atoms with Crippen LogP contribution in [0.3, 0.4) is 0 Å². The lowest BCUT2D eigenvalue weighted by Gasteiger charge is -2.32. The molecule has 4 rings (SSSR count). The van der Waals surface area contributed by atoms with Crippen molar-refractivity contribution >= 4 is 23.3 Å². The van der Waals surface area contributed by atoms with Crippen LogP contribution >= 0.6 is 0 Å². The van der Waals surface area contributed by atoms with Gasteiger partial charge in [0.1, 0.15) is 13.2 Å². The van der Waals surface area contributed by atoms with Gasteiger partial charge in [-0.1, -0.05) is 102 Å². The first-order valence-electron chi connectivity index (χ1n) is 15.3. The van der Waals surface area contributed by atoms with Gasteiger partial charge in [0.25, 0.3) is 0 Å². The number of fused-ring (bicyclic) bond motifs is 2. The minimum absolute atomic E-state index is 0.116. The lowest BCUT2D eigenvalue weighted by molar-refractivity contribution is -0.143. The number of hydrogen-bond acceptors (Lipinski definition) is 6. The third-order valence-electron chi connectivity index (χ3n) is 8.60. The molecule has 1 unspecified atom stereocenters. The number of para-hydroxylation sites is 2. The van der Waals surface area contributed by atoms with Gasteiger partial charge in [0.2, 0.25) is 0 Å². The number of esters is 2. The van der Waals surface area contributed by atoms with Gasteiger partial charge in [-0.15, -0.1) is 0 Å². The smallest absolute Gasteiger partial charge is 0.306 e. The lowest BCUT2D eigenvalue weighted by atomic mass is 9.80. The Morgan fingerprint density at radius 1 is 0.814 bits per heavy atom. The molecule has 0 fully saturated rings. The van der Waals surface area contributed by atoms with Crippen LogP contribution in [0.15, 0.2) is 97.8 Å². The summed E-state index contributed by atoms with van der Waals surface area (Å²) in [5.74, 6) is -0.394. The van der Waals surface area contributed by atoms with Gasteiger partial charge < -0.3 is 19.3 Å². The summed E-state index contributed by atoms with van der Waals surface area (Å²) in [5.41, 5.74) is 5.89. The van der Waals surface area contributed by atoms with Gasteiger partial charge in [0, 0.05) is 53.8 Å². The average Bonchev–Trinajstić information content (AvgIpc) is 3.34. The zero-order valence-corrected chi connectivity index (χ0v) is 26.2. The molecule has 2 aliphatic rings. The third kappa shape index (κ3) is 6.96. The molecule has 6 heteroatoms. The molecule has 2 aromatic carbocycles. The molecule has 0 spiro atoms. The number of benzene rings is 2. The summed E-state index contributed by atoms with van der Waals surface area (Å²) in [5, 5.41) is 0. The number of rotatable bonds is 14. The molecule has 2 heterocycles. The molecular formula is C37H46N2O4. The highest BCUT2D eigenvalue weighted by Gasteiger charge is 2.43. The minimum atomic E-state index is -0.200. The Labute approximate surface area is 257 Å². The van der Waals surface area contributed by atoms with Crippen LogP contribution in [-0.2, 0) is 29.9 Å². The Bertz CT molecular complexity index is 1390. The summed E-state index contributed by atoms with van der Waals surface area (Å²) < 4.78 is 10.4. The SMILES string of the molecule is C=CCOC(=O)CCCN1/C(=C/C=C/C2N(CCCC(=O)OCC=C)c3ccccc3C2(C)C)C(C)(C)c2ccccc21. The van der Waals surface area contributed by atoms with Crippen LogP contribution in [0, 0.1) is 0 Å². The van der Waals surface area contributed by atoms with E-state index in [0.29, 0.717) is 25.7 Å². The number of nitrogens with zero attached hydrogens (tertiary/aromatic N) is 2. The molecule has 0 aliphatic carbocycles. The van der Waals surface area contributed by atoms with E-state index in [-0.39, 0.29) is 42.0 Å². The highest BCUT2D eigenvalue weighted by Crippen LogP contribution is 2.48. The van der Waals surface area contributed by atoms with E-state index >= 15 is 0 Å². The van der Waals surface area contributed by atoms with Crippen LogP contribution in [0.2, 0.25) is 0 Å². The fraction of sp³-hybridized carbons (Fsp3) is 0.405. The zero-order chi connectivity index (χ0) is 31.0. The molecule has 0 amide bonds. The molecular weight excluding hydrogens is 536 g/mol. The Hall–Kier alpha value is -4.06. The molecule has 6 nitrogen and oxygen atoms in total. The Morgan fingerprint density at radius 3 is 2.00 bits per heavy atom. The molecule has 2 aliphatic heterocycles. The van der Waals surface area contributed by atoms with Gasteiger partial charge in [-0.2, -0.15) is 0 Å². The molecule has 0 radical (unpaired) electrons. The summed E-state index contributed by atoms with van der Waals surface area (Å²) in [4.78, 5) is 29.1. The molecule has 1 atom stereocenters. The lowest BCUT2D eigenvalue weighted by Crippen LogP contribution is -2.40. The number of hydrogen-bond donors (Lipinski definition) is 0. The van der Waals surface area contributed by atoms with Crippen molar-refractivity contribution in [1.29, 1.82) is 0 Å². The predicted molar refractivity (Wildman–Crippen MR) is 175 cm³/mol. The molecule has 43 heavy (non-hydrogen) atoms. The van der Waals surface area contributed by atoms with E-state index in [1.165, 1.54) is 28.2 Å². The third-order valence-corrected chi connectivity index (χ3v) is 8.60. The van der Waals surface area contributed by atoms with E-state index in [1.54, 1.807) is 12.2 Å². The van der Waals surface area contributed by atoms with Crippen molar-refractivity contribution in [2.45, 2.75) is 70.3 Å². The van der Waals surface area contributed by atoms with Crippen molar-refractivity contribution in [2.75, 3.05) is 36.1 Å². The van der Waals surface area contributed by atoms with Crippen LogP contribution in [0.5, 0.6) is 0 Å². The number of ether oxygens (including phenoxy) is 2. The second kappa shape index (κ2) is 13.9. The summed E-state index contributed by atoms with van der Waals surface area (Å²) in [6.45, 7) is 18.3. The normalized spacial score (nSPS) is 18.9. The minimum Gasteiger partial charge on any atom is -0.461 e. The van der Waals surface area contributed by atoms with Gasteiger partial charge in [-0.3, -0.25) is 9.59 Å². The van der Waals surface area contributed by atoms with Crippen LogP contribution in [0.1, 0.15) is 64.5 Å². The van der Waals surface area contributed by atoms with Gasteiger partial charge in [-0.05, 0) is 42.2 Å². The monoisotopic (exact) mass is 582 g/mol. The Kier molecular flexibility index (Phi) is 10.3. The number of carbonyl (C=O) groups is 2. The van der Waals surface area contributed by atoms with E-state index in [9.17, 15) is 9.59 Å². The van der Waals surface area contributed by atoms with Crippen molar-refractivity contribution in [2.24, 2.45) is 0 Å². The molecule has 0 saturated heterocycles. The van der Waals surface area contributed by atoms with E-state index in [1.807, 2.05) is 0 Å². The van der Waals surface area contributed by atoms with Crippen LogP contribution in [0.25, 0.3) is 0 Å². The maximum absolute atomic E-state index is 12.1. The fourth-order valence-electron chi connectivity index (χ4n) is 6.43. The molecule has 228 valence electrons. The second-order valence-electron chi connectivity index (χ2n) is 12.3. The van der Waals surface area contributed by atoms with Gasteiger partial charge >= 0.3 is 11.9 Å². The maximum atomic E-state index is 12.1. The molecule has 2 aromatic rings.